The first kappa shape index (κ1) is 17.8. The van der Waals surface area contributed by atoms with Crippen molar-refractivity contribution in [2.45, 2.75) is 18.7 Å². The molecule has 0 aromatic heterocycles. The van der Waals surface area contributed by atoms with Crippen molar-refractivity contribution >= 4 is 47.6 Å². The van der Waals surface area contributed by atoms with Gasteiger partial charge in [-0.2, -0.15) is 0 Å². The van der Waals surface area contributed by atoms with Crippen LogP contribution in [0.3, 0.4) is 0 Å². The van der Waals surface area contributed by atoms with Crippen molar-refractivity contribution in [3.05, 3.63) is 18.2 Å². The molecule has 0 saturated heterocycles. The van der Waals surface area contributed by atoms with E-state index >= 15 is 0 Å². The molecule has 0 heterocycles. The van der Waals surface area contributed by atoms with Crippen molar-refractivity contribution in [2.24, 2.45) is 0 Å². The first-order valence-corrected chi connectivity index (χ1v) is 10.1. The highest BCUT2D eigenvalue weighted by Gasteiger charge is 1.99. The summed E-state index contributed by atoms with van der Waals surface area (Å²) in [4.78, 5) is 1.18. The Bertz CT molecular complexity index is 379. The fraction of sp³-hybridized carbons (Fsp3) is 0.385. The number of thioether (sulfide) groups is 1. The number of hydrogen-bond acceptors (Lipinski definition) is 4. The molecule has 1 N–H and O–H groups in total. The lowest BCUT2D eigenvalue weighted by Crippen LogP contribution is -1.99. The first-order chi connectivity index (χ1) is 8.80. The molecule has 0 radical (unpaired) electrons. The van der Waals surface area contributed by atoms with Gasteiger partial charge in [-0.1, -0.05) is 19.8 Å². The molecule has 100 valence electrons. The molecule has 0 spiro atoms. The predicted octanol–water partition coefficient (Wildman–Crippen LogP) is 4.90. The second kappa shape index (κ2) is 11.9. The molecule has 0 amide bonds. The monoisotopic (exact) mass is 395 g/mol. The number of benzene rings is 1. The van der Waals surface area contributed by atoms with E-state index in [0.717, 1.165) is 11.4 Å². The molecule has 0 fully saturated rings. The molecular formula is C13H18INOS2. The summed E-state index contributed by atoms with van der Waals surface area (Å²) >= 11 is 3.85. The minimum atomic E-state index is 0.650. The van der Waals surface area contributed by atoms with Gasteiger partial charge in [-0.15, -0.1) is 11.8 Å². The predicted molar refractivity (Wildman–Crippen MR) is 94.0 cm³/mol. The fourth-order valence-corrected chi connectivity index (χ4v) is 2.19. The van der Waals surface area contributed by atoms with E-state index in [2.05, 4.69) is 43.8 Å². The van der Waals surface area contributed by atoms with Crippen LogP contribution in [0.25, 0.3) is 0 Å². The van der Waals surface area contributed by atoms with Crippen LogP contribution in [0.15, 0.2) is 23.1 Å². The van der Waals surface area contributed by atoms with Gasteiger partial charge in [-0.25, -0.2) is 0 Å². The highest BCUT2D eigenvalue weighted by atomic mass is 127. The molecule has 1 aromatic rings. The summed E-state index contributed by atoms with van der Waals surface area (Å²) in [5.74, 6) is 3.87. The maximum Gasteiger partial charge on any atom is 0.122 e. The number of hydrogen-bond donors (Lipinski definition) is 1. The smallest absolute Gasteiger partial charge is 0.122 e. The molecule has 0 unspecified atom stereocenters. The van der Waals surface area contributed by atoms with Gasteiger partial charge in [0.25, 0.3) is 0 Å². The van der Waals surface area contributed by atoms with Crippen LogP contribution in [0.4, 0.5) is 5.69 Å². The molecule has 0 aliphatic rings. The van der Waals surface area contributed by atoms with E-state index in [1.54, 1.807) is 18.9 Å². The lowest BCUT2D eigenvalue weighted by molar-refractivity contribution is 0.414. The molecule has 0 aliphatic heterocycles. The summed E-state index contributed by atoms with van der Waals surface area (Å²) in [6.07, 6.45) is 2.05. The van der Waals surface area contributed by atoms with Gasteiger partial charge >= 0.3 is 0 Å². The van der Waals surface area contributed by atoms with Crippen LogP contribution in [-0.2, 0) is 0 Å². The molecule has 2 nitrogen and oxygen atoms in total. The molecule has 0 saturated carbocycles. The molecule has 1 rings (SSSR count). The average Bonchev–Trinajstić information content (AvgIpc) is 2.45. The van der Waals surface area contributed by atoms with Crippen molar-refractivity contribution in [2.75, 3.05) is 25.2 Å². The largest absolute Gasteiger partial charge is 0.497 e. The van der Waals surface area contributed by atoms with E-state index in [0.29, 0.717) is 6.54 Å². The lowest BCUT2D eigenvalue weighted by atomic mass is 10.3. The standard InChI is InChI=1S/C11H12INOS2.C2H6/c1-14-10-6-9(7-11(8-10)15-2)13-4-3-5-16-12;1-2/h6-8,13H,4H2,1-2H3;1-2H3. The number of anilines is 1. The maximum atomic E-state index is 5.23. The first-order valence-electron chi connectivity index (χ1n) is 5.52. The molecular weight excluding hydrogens is 377 g/mol. The highest BCUT2D eigenvalue weighted by Crippen LogP contribution is 2.26. The number of rotatable bonds is 4. The van der Waals surface area contributed by atoms with Gasteiger partial charge in [0.1, 0.15) is 5.75 Å². The summed E-state index contributed by atoms with van der Waals surface area (Å²) in [7, 11) is 3.17. The summed E-state index contributed by atoms with van der Waals surface area (Å²) in [6.45, 7) is 4.65. The molecule has 0 aliphatic carbocycles. The van der Waals surface area contributed by atoms with E-state index in [1.807, 2.05) is 32.2 Å². The number of nitrogens with one attached hydrogen (secondary N) is 1. The van der Waals surface area contributed by atoms with Crippen LogP contribution in [0, 0.1) is 11.2 Å². The van der Waals surface area contributed by atoms with Crippen molar-refractivity contribution in [3.63, 3.8) is 0 Å². The molecule has 1 aromatic carbocycles. The number of ether oxygens (including phenoxy) is 1. The second-order valence-corrected chi connectivity index (χ2v) is 5.37. The Labute approximate surface area is 131 Å². The zero-order valence-corrected chi connectivity index (χ0v) is 14.8. The van der Waals surface area contributed by atoms with Gasteiger partial charge in [-0.05, 0) is 32.6 Å². The van der Waals surface area contributed by atoms with Gasteiger partial charge < -0.3 is 10.1 Å². The van der Waals surface area contributed by atoms with Gasteiger partial charge in [0.2, 0.25) is 0 Å². The summed E-state index contributed by atoms with van der Waals surface area (Å²) in [5, 5.41) is 6.18. The van der Waals surface area contributed by atoms with Crippen LogP contribution in [0.1, 0.15) is 13.8 Å². The Morgan fingerprint density at radius 3 is 2.61 bits per heavy atom. The highest BCUT2D eigenvalue weighted by molar-refractivity contribution is 14.2. The fourth-order valence-electron chi connectivity index (χ4n) is 1.12. The van der Waals surface area contributed by atoms with Gasteiger partial charge in [0.15, 0.2) is 0 Å². The minimum Gasteiger partial charge on any atom is -0.497 e. The van der Waals surface area contributed by atoms with Crippen LogP contribution >= 0.6 is 41.9 Å². The van der Waals surface area contributed by atoms with Crippen LogP contribution in [0.2, 0.25) is 0 Å². The molecule has 0 atom stereocenters. The third-order valence-electron chi connectivity index (χ3n) is 1.84. The van der Waals surface area contributed by atoms with Crippen LogP contribution < -0.4 is 10.1 Å². The van der Waals surface area contributed by atoms with Crippen molar-refractivity contribution in [1.82, 2.24) is 0 Å². The van der Waals surface area contributed by atoms with E-state index in [1.165, 1.54) is 13.8 Å². The normalized spacial score (nSPS) is 8.50. The molecule has 0 bridgehead atoms. The minimum absolute atomic E-state index is 0.650. The van der Waals surface area contributed by atoms with E-state index in [-0.39, 0.29) is 0 Å². The molecule has 18 heavy (non-hydrogen) atoms. The van der Waals surface area contributed by atoms with Crippen molar-refractivity contribution in [1.29, 1.82) is 0 Å². The average molecular weight is 395 g/mol. The summed E-state index contributed by atoms with van der Waals surface area (Å²) < 4.78 is 5.23. The van der Waals surface area contributed by atoms with E-state index in [4.69, 9.17) is 4.74 Å². The summed E-state index contributed by atoms with van der Waals surface area (Å²) in [6, 6.07) is 6.08. The van der Waals surface area contributed by atoms with Gasteiger partial charge in [0, 0.05) is 37.9 Å². The SMILES string of the molecule is CC.COc1cc(NCC#CSI)cc(SC)c1. The van der Waals surface area contributed by atoms with Gasteiger partial charge in [-0.3, -0.25) is 0 Å². The van der Waals surface area contributed by atoms with Gasteiger partial charge in [0.05, 0.1) is 13.7 Å². The zero-order valence-electron chi connectivity index (χ0n) is 11.0. The Morgan fingerprint density at radius 2 is 2.06 bits per heavy atom. The quantitative estimate of drug-likeness (QED) is 0.445. The number of halogens is 1. The second-order valence-electron chi connectivity index (χ2n) is 2.81. The Kier molecular flexibility index (Phi) is 11.8. The lowest BCUT2D eigenvalue weighted by Gasteiger charge is -2.08. The van der Waals surface area contributed by atoms with E-state index in [9.17, 15) is 0 Å². The Hall–Kier alpha value is -0.190. The third kappa shape index (κ3) is 7.29. The van der Waals surface area contributed by atoms with Crippen molar-refractivity contribution < 1.29 is 4.74 Å². The number of methoxy groups -OCH3 is 1. The van der Waals surface area contributed by atoms with Crippen LogP contribution in [0.5, 0.6) is 5.75 Å². The molecule has 5 heteroatoms. The zero-order chi connectivity index (χ0) is 13.8. The Morgan fingerprint density at radius 1 is 1.33 bits per heavy atom. The maximum absolute atomic E-state index is 5.23. The van der Waals surface area contributed by atoms with Crippen LogP contribution in [-0.4, -0.2) is 19.9 Å². The topological polar surface area (TPSA) is 21.3 Å². The van der Waals surface area contributed by atoms with E-state index < -0.39 is 0 Å². The third-order valence-corrected chi connectivity index (χ3v) is 3.43. The van der Waals surface area contributed by atoms with Crippen molar-refractivity contribution in [3.8, 4) is 16.9 Å². The Balaban J connectivity index is 0.00000137. The summed E-state index contributed by atoms with van der Waals surface area (Å²) in [5.41, 5.74) is 1.04.